The summed E-state index contributed by atoms with van der Waals surface area (Å²) in [6, 6.07) is 7.83. The molecule has 1 aliphatic heterocycles. The van der Waals surface area contributed by atoms with E-state index in [0.717, 1.165) is 47.5 Å². The maximum absolute atomic E-state index is 12.8. The Hall–Kier alpha value is -2.96. The lowest BCUT2D eigenvalue weighted by Gasteiger charge is -2.33. The number of amides is 1. The summed E-state index contributed by atoms with van der Waals surface area (Å²) in [6.45, 7) is 5.35. The lowest BCUT2D eigenvalue weighted by atomic mass is 9.96. The van der Waals surface area contributed by atoms with Crippen LogP contribution < -0.4 is 10.2 Å². The van der Waals surface area contributed by atoms with Crippen LogP contribution in [0.1, 0.15) is 24.1 Å². The molecule has 3 heterocycles. The van der Waals surface area contributed by atoms with Gasteiger partial charge in [0.1, 0.15) is 17.5 Å². The number of benzene rings is 1. The van der Waals surface area contributed by atoms with Crippen LogP contribution >= 0.6 is 0 Å². The number of hydrogen-bond donors (Lipinski definition) is 1. The molecule has 0 bridgehead atoms. The Morgan fingerprint density at radius 3 is 2.96 bits per heavy atom. The predicted molar refractivity (Wildman–Crippen MR) is 99.1 cm³/mol. The molecule has 1 saturated heterocycles. The molecule has 0 radical (unpaired) electrons. The van der Waals surface area contributed by atoms with Crippen LogP contribution in [0.3, 0.4) is 0 Å². The van der Waals surface area contributed by atoms with Gasteiger partial charge in [0.05, 0.1) is 11.6 Å². The highest BCUT2D eigenvalue weighted by Gasteiger charge is 2.28. The van der Waals surface area contributed by atoms with Crippen molar-refractivity contribution in [1.29, 1.82) is 0 Å². The fourth-order valence-electron chi connectivity index (χ4n) is 3.48. The number of aromatic nitrogens is 3. The Labute approximate surface area is 151 Å². The molecule has 0 aliphatic carbocycles. The van der Waals surface area contributed by atoms with E-state index >= 15 is 0 Å². The van der Waals surface area contributed by atoms with E-state index in [2.05, 4.69) is 25.3 Å². The van der Waals surface area contributed by atoms with Gasteiger partial charge < -0.3 is 14.7 Å². The first-order valence-corrected chi connectivity index (χ1v) is 8.82. The molecule has 0 spiro atoms. The summed E-state index contributed by atoms with van der Waals surface area (Å²) in [5, 5.41) is 7.88. The van der Waals surface area contributed by atoms with Gasteiger partial charge in [0, 0.05) is 18.8 Å². The van der Waals surface area contributed by atoms with Gasteiger partial charge in [0.2, 0.25) is 5.91 Å². The Morgan fingerprint density at radius 2 is 2.12 bits per heavy atom. The third kappa shape index (κ3) is 3.00. The van der Waals surface area contributed by atoms with Crippen molar-refractivity contribution in [3.8, 4) is 0 Å². The molecule has 1 aliphatic rings. The molecule has 0 saturated carbocycles. The Balaban J connectivity index is 1.55. The summed E-state index contributed by atoms with van der Waals surface area (Å²) in [5.41, 5.74) is 3.18. The van der Waals surface area contributed by atoms with Gasteiger partial charge >= 0.3 is 0 Å². The van der Waals surface area contributed by atoms with Gasteiger partial charge in [-0.2, -0.15) is 4.98 Å². The number of hydrogen-bond acceptors (Lipinski definition) is 6. The number of rotatable bonds is 3. The van der Waals surface area contributed by atoms with Gasteiger partial charge in [-0.05, 0) is 38.3 Å². The fraction of sp³-hybridized carbons (Fsp3) is 0.368. The Bertz CT molecular complexity index is 952. The largest absolute Gasteiger partial charge is 0.355 e. The van der Waals surface area contributed by atoms with Crippen LogP contribution in [0.15, 0.2) is 35.1 Å². The second-order valence-electron chi connectivity index (χ2n) is 6.73. The smallest absolute Gasteiger partial charge is 0.263 e. The second-order valence-corrected chi connectivity index (χ2v) is 6.73. The van der Waals surface area contributed by atoms with Crippen molar-refractivity contribution in [2.45, 2.75) is 26.7 Å². The SMILES string of the molecule is Cc1ccccc1NC(=O)[C@@H]1CCCN(c2ncnc3onc(C)c23)C1. The lowest BCUT2D eigenvalue weighted by Crippen LogP contribution is -2.41. The molecule has 3 aromatic rings. The molecule has 7 nitrogen and oxygen atoms in total. The molecule has 134 valence electrons. The van der Waals surface area contributed by atoms with E-state index in [0.29, 0.717) is 12.3 Å². The van der Waals surface area contributed by atoms with Crippen LogP contribution in [0, 0.1) is 19.8 Å². The third-order valence-electron chi connectivity index (χ3n) is 4.92. The van der Waals surface area contributed by atoms with Crippen LogP contribution in [-0.2, 0) is 4.79 Å². The van der Waals surface area contributed by atoms with Crippen LogP contribution in [0.5, 0.6) is 0 Å². The molecule has 1 fully saturated rings. The van der Waals surface area contributed by atoms with Gasteiger partial charge in [0.15, 0.2) is 0 Å². The monoisotopic (exact) mass is 351 g/mol. The second kappa shape index (κ2) is 6.74. The fourth-order valence-corrected chi connectivity index (χ4v) is 3.48. The summed E-state index contributed by atoms with van der Waals surface area (Å²) >= 11 is 0. The van der Waals surface area contributed by atoms with E-state index in [9.17, 15) is 4.79 Å². The first kappa shape index (κ1) is 16.5. The minimum atomic E-state index is -0.0893. The number of carbonyl (C=O) groups is 1. The zero-order chi connectivity index (χ0) is 18.1. The molecule has 7 heteroatoms. The van der Waals surface area contributed by atoms with Crippen molar-refractivity contribution in [3.63, 3.8) is 0 Å². The molecular formula is C19H21N5O2. The quantitative estimate of drug-likeness (QED) is 0.781. The number of carbonyl (C=O) groups excluding carboxylic acids is 1. The minimum Gasteiger partial charge on any atom is -0.355 e. The highest BCUT2D eigenvalue weighted by atomic mass is 16.5. The number of aryl methyl sites for hydroxylation is 2. The predicted octanol–water partition coefficient (Wildman–Crippen LogP) is 3.09. The first-order chi connectivity index (χ1) is 12.6. The maximum atomic E-state index is 12.8. The van der Waals surface area contributed by atoms with Gasteiger partial charge in [0.25, 0.3) is 5.71 Å². The van der Waals surface area contributed by atoms with Crippen molar-refractivity contribution < 1.29 is 9.32 Å². The molecule has 1 N–H and O–H groups in total. The van der Waals surface area contributed by atoms with E-state index in [1.165, 1.54) is 6.33 Å². The van der Waals surface area contributed by atoms with Gasteiger partial charge in [-0.1, -0.05) is 23.4 Å². The summed E-state index contributed by atoms with van der Waals surface area (Å²) < 4.78 is 5.24. The number of nitrogens with zero attached hydrogens (tertiary/aromatic N) is 4. The van der Waals surface area contributed by atoms with E-state index in [4.69, 9.17) is 4.52 Å². The third-order valence-corrected chi connectivity index (χ3v) is 4.92. The van der Waals surface area contributed by atoms with E-state index in [-0.39, 0.29) is 11.8 Å². The molecule has 1 amide bonds. The first-order valence-electron chi connectivity index (χ1n) is 8.82. The zero-order valence-corrected chi connectivity index (χ0v) is 14.9. The van der Waals surface area contributed by atoms with Crippen LogP contribution in [0.4, 0.5) is 11.5 Å². The average Bonchev–Trinajstić information content (AvgIpc) is 3.05. The highest BCUT2D eigenvalue weighted by molar-refractivity contribution is 5.94. The van der Waals surface area contributed by atoms with Gasteiger partial charge in [-0.25, -0.2) is 4.98 Å². The number of anilines is 2. The molecular weight excluding hydrogens is 330 g/mol. The lowest BCUT2D eigenvalue weighted by molar-refractivity contribution is -0.120. The van der Waals surface area contributed by atoms with Crippen molar-refractivity contribution in [3.05, 3.63) is 41.9 Å². The van der Waals surface area contributed by atoms with Crippen molar-refractivity contribution in [1.82, 2.24) is 15.1 Å². The summed E-state index contributed by atoms with van der Waals surface area (Å²) in [7, 11) is 0. The normalized spacial score (nSPS) is 17.5. The minimum absolute atomic E-state index is 0.0522. The van der Waals surface area contributed by atoms with Gasteiger partial charge in [-0.15, -0.1) is 0 Å². The summed E-state index contributed by atoms with van der Waals surface area (Å²) in [5.74, 6) is 0.756. The van der Waals surface area contributed by atoms with Crippen LogP contribution in [-0.4, -0.2) is 34.1 Å². The molecule has 4 rings (SSSR count). The summed E-state index contributed by atoms with van der Waals surface area (Å²) in [6.07, 6.45) is 3.28. The van der Waals surface area contributed by atoms with Crippen molar-refractivity contribution in [2.75, 3.05) is 23.3 Å². The summed E-state index contributed by atoms with van der Waals surface area (Å²) in [4.78, 5) is 23.5. The standard InChI is InChI=1S/C19H21N5O2/c1-12-6-3-4-8-15(12)22-18(25)14-7-5-9-24(10-14)17-16-13(2)23-26-19(16)21-11-20-17/h3-4,6,8,11,14H,5,7,9-10H2,1-2H3,(H,22,25)/t14-/m1/s1. The van der Waals surface area contributed by atoms with E-state index in [1.807, 2.05) is 38.1 Å². The van der Waals surface area contributed by atoms with Crippen molar-refractivity contribution >= 4 is 28.5 Å². The molecule has 26 heavy (non-hydrogen) atoms. The maximum Gasteiger partial charge on any atom is 0.263 e. The Morgan fingerprint density at radius 1 is 1.27 bits per heavy atom. The van der Waals surface area contributed by atoms with Crippen molar-refractivity contribution in [2.24, 2.45) is 5.92 Å². The highest BCUT2D eigenvalue weighted by Crippen LogP contribution is 2.30. The van der Waals surface area contributed by atoms with E-state index < -0.39 is 0 Å². The average molecular weight is 351 g/mol. The number of nitrogens with one attached hydrogen (secondary N) is 1. The number of fused-ring (bicyclic) bond motifs is 1. The van der Waals surface area contributed by atoms with E-state index in [1.54, 1.807) is 0 Å². The molecule has 2 aromatic heterocycles. The number of para-hydroxylation sites is 1. The molecule has 1 atom stereocenters. The molecule has 1 aromatic carbocycles. The zero-order valence-electron chi connectivity index (χ0n) is 14.9. The molecule has 0 unspecified atom stereocenters. The van der Waals surface area contributed by atoms with Gasteiger partial charge in [-0.3, -0.25) is 4.79 Å². The topological polar surface area (TPSA) is 84.2 Å². The van der Waals surface area contributed by atoms with Crippen LogP contribution in [0.25, 0.3) is 11.1 Å². The Kier molecular flexibility index (Phi) is 4.28. The van der Waals surface area contributed by atoms with Crippen LogP contribution in [0.2, 0.25) is 0 Å². The number of piperidine rings is 1.